The van der Waals surface area contributed by atoms with Crippen LogP contribution in [0.4, 0.5) is 4.79 Å². The summed E-state index contributed by atoms with van der Waals surface area (Å²) in [6.45, 7) is 0.1000. The molecule has 0 saturated heterocycles. The Hall–Kier alpha value is -3.15. The highest BCUT2D eigenvalue weighted by molar-refractivity contribution is 5.89. The molecule has 1 amide bonds. The van der Waals surface area contributed by atoms with Crippen molar-refractivity contribution in [2.75, 3.05) is 6.61 Å². The summed E-state index contributed by atoms with van der Waals surface area (Å²) in [5.41, 5.74) is 4.40. The predicted octanol–water partition coefficient (Wildman–Crippen LogP) is 4.52. The van der Waals surface area contributed by atoms with Crippen molar-refractivity contribution in [2.45, 2.75) is 50.5 Å². The molecule has 1 unspecified atom stereocenters. The van der Waals surface area contributed by atoms with Crippen molar-refractivity contribution in [2.24, 2.45) is 5.92 Å². The summed E-state index contributed by atoms with van der Waals surface area (Å²) in [6, 6.07) is 14.7. The number of ketones is 1. The highest BCUT2D eigenvalue weighted by Crippen LogP contribution is 2.44. The van der Waals surface area contributed by atoms with Gasteiger partial charge in [0, 0.05) is 18.3 Å². The summed E-state index contributed by atoms with van der Waals surface area (Å²) in [7, 11) is 0. The standard InChI is InChI=1S/C25H27NO5/c27-23(16-8-2-1-3-9-16)14-22(24(28)29)26-25(30)31-15-21-19-12-6-4-10-17(19)18-11-5-7-13-20(18)21/h4-7,10-13,16,21-22H,1-3,8-9,14-15H2,(H,26,30)(H,28,29). The maximum Gasteiger partial charge on any atom is 0.407 e. The molecule has 2 aliphatic carbocycles. The highest BCUT2D eigenvalue weighted by Gasteiger charge is 2.31. The second-order valence-corrected chi connectivity index (χ2v) is 8.37. The zero-order valence-electron chi connectivity index (χ0n) is 17.4. The van der Waals surface area contributed by atoms with Crippen molar-refractivity contribution in [3.8, 4) is 11.1 Å². The Labute approximate surface area is 181 Å². The number of carboxylic acids is 1. The van der Waals surface area contributed by atoms with Crippen LogP contribution in [0, 0.1) is 5.92 Å². The van der Waals surface area contributed by atoms with E-state index in [1.54, 1.807) is 0 Å². The highest BCUT2D eigenvalue weighted by atomic mass is 16.5. The molecule has 162 valence electrons. The van der Waals surface area contributed by atoms with Crippen LogP contribution in [0.15, 0.2) is 48.5 Å². The van der Waals surface area contributed by atoms with Crippen LogP contribution >= 0.6 is 0 Å². The monoisotopic (exact) mass is 421 g/mol. The van der Waals surface area contributed by atoms with Gasteiger partial charge in [0.25, 0.3) is 0 Å². The van der Waals surface area contributed by atoms with Crippen molar-refractivity contribution in [1.29, 1.82) is 0 Å². The van der Waals surface area contributed by atoms with Gasteiger partial charge in [-0.15, -0.1) is 0 Å². The summed E-state index contributed by atoms with van der Waals surface area (Å²) in [4.78, 5) is 36.5. The van der Waals surface area contributed by atoms with Crippen LogP contribution < -0.4 is 5.32 Å². The van der Waals surface area contributed by atoms with E-state index in [1.165, 1.54) is 0 Å². The summed E-state index contributed by atoms with van der Waals surface area (Å²) in [5.74, 6) is -1.52. The van der Waals surface area contributed by atoms with E-state index in [0.717, 1.165) is 54.4 Å². The Morgan fingerprint density at radius 2 is 1.52 bits per heavy atom. The second-order valence-electron chi connectivity index (χ2n) is 8.37. The largest absolute Gasteiger partial charge is 0.480 e. The average Bonchev–Trinajstić information content (AvgIpc) is 3.11. The molecule has 2 aromatic rings. The number of aliphatic carboxylic acids is 1. The van der Waals surface area contributed by atoms with Crippen LogP contribution in [0.2, 0.25) is 0 Å². The Bertz CT molecular complexity index is 934. The topological polar surface area (TPSA) is 92.7 Å². The third-order valence-electron chi connectivity index (χ3n) is 6.40. The molecule has 2 aromatic carbocycles. The van der Waals surface area contributed by atoms with Gasteiger partial charge in [-0.25, -0.2) is 9.59 Å². The van der Waals surface area contributed by atoms with E-state index in [2.05, 4.69) is 5.32 Å². The van der Waals surface area contributed by atoms with Gasteiger partial charge in [0.1, 0.15) is 18.4 Å². The molecular formula is C25H27NO5. The molecule has 1 atom stereocenters. The number of fused-ring (bicyclic) bond motifs is 3. The predicted molar refractivity (Wildman–Crippen MR) is 116 cm³/mol. The van der Waals surface area contributed by atoms with Gasteiger partial charge in [0.15, 0.2) is 0 Å². The van der Waals surface area contributed by atoms with E-state index in [-0.39, 0.29) is 30.6 Å². The SMILES string of the molecule is O=C(NC(CC(=O)C1CCCCC1)C(=O)O)OCC1c2ccccc2-c2ccccc21. The van der Waals surface area contributed by atoms with E-state index in [1.807, 2.05) is 48.5 Å². The summed E-state index contributed by atoms with van der Waals surface area (Å²) < 4.78 is 5.42. The fraction of sp³-hybridized carbons (Fsp3) is 0.400. The molecule has 0 aromatic heterocycles. The lowest BCUT2D eigenvalue weighted by Crippen LogP contribution is -2.43. The van der Waals surface area contributed by atoms with Gasteiger partial charge in [-0.1, -0.05) is 67.8 Å². The zero-order valence-corrected chi connectivity index (χ0v) is 17.4. The molecule has 31 heavy (non-hydrogen) atoms. The summed E-state index contributed by atoms with van der Waals surface area (Å²) >= 11 is 0. The van der Waals surface area contributed by atoms with Crippen molar-refractivity contribution >= 4 is 17.8 Å². The number of hydrogen-bond acceptors (Lipinski definition) is 4. The third kappa shape index (κ3) is 4.63. The van der Waals surface area contributed by atoms with Crippen molar-refractivity contribution < 1.29 is 24.2 Å². The molecule has 2 aliphatic rings. The Morgan fingerprint density at radius 1 is 0.935 bits per heavy atom. The number of rotatable bonds is 7. The van der Waals surface area contributed by atoms with Gasteiger partial charge in [-0.3, -0.25) is 4.79 Å². The van der Waals surface area contributed by atoms with Gasteiger partial charge < -0.3 is 15.2 Å². The minimum absolute atomic E-state index is 0.0916. The fourth-order valence-electron chi connectivity index (χ4n) is 4.77. The van der Waals surface area contributed by atoms with E-state index in [4.69, 9.17) is 4.74 Å². The molecule has 0 spiro atoms. The lowest BCUT2D eigenvalue weighted by Gasteiger charge is -2.22. The quantitative estimate of drug-likeness (QED) is 0.686. The van der Waals surface area contributed by atoms with Crippen molar-refractivity contribution in [3.05, 3.63) is 59.7 Å². The molecule has 0 heterocycles. The number of amides is 1. The molecule has 6 heteroatoms. The van der Waals surface area contributed by atoms with Crippen molar-refractivity contribution in [3.63, 3.8) is 0 Å². The van der Waals surface area contributed by atoms with Gasteiger partial charge >= 0.3 is 12.1 Å². The molecule has 0 radical (unpaired) electrons. The molecule has 0 bridgehead atoms. The molecule has 6 nitrogen and oxygen atoms in total. The number of ether oxygens (including phenoxy) is 1. The van der Waals surface area contributed by atoms with E-state index < -0.39 is 18.1 Å². The first kappa shape index (κ1) is 21.1. The molecule has 1 saturated carbocycles. The Kier molecular flexibility index (Phi) is 6.35. The second kappa shape index (κ2) is 9.33. The summed E-state index contributed by atoms with van der Waals surface area (Å²) in [6.07, 6.45) is 3.69. The van der Waals surface area contributed by atoms with E-state index in [0.29, 0.717) is 0 Å². The lowest BCUT2D eigenvalue weighted by molar-refractivity contribution is -0.141. The lowest BCUT2D eigenvalue weighted by atomic mass is 9.84. The number of Topliss-reactive ketones (excluding diaryl/α,β-unsaturated/α-hetero) is 1. The van der Waals surface area contributed by atoms with Gasteiger partial charge in [-0.05, 0) is 35.1 Å². The fourth-order valence-corrected chi connectivity index (χ4v) is 4.77. The van der Waals surface area contributed by atoms with E-state index in [9.17, 15) is 19.5 Å². The normalized spacial score (nSPS) is 16.8. The van der Waals surface area contributed by atoms with Gasteiger partial charge in [0.2, 0.25) is 0 Å². The first-order valence-electron chi connectivity index (χ1n) is 10.9. The van der Waals surface area contributed by atoms with Crippen LogP contribution in [0.5, 0.6) is 0 Å². The first-order chi connectivity index (χ1) is 15.0. The number of benzene rings is 2. The number of carbonyl (C=O) groups is 3. The van der Waals surface area contributed by atoms with Crippen LogP contribution in [0.3, 0.4) is 0 Å². The van der Waals surface area contributed by atoms with Gasteiger partial charge in [0.05, 0.1) is 0 Å². The van der Waals surface area contributed by atoms with Crippen molar-refractivity contribution in [1.82, 2.24) is 5.32 Å². The summed E-state index contributed by atoms with van der Waals surface area (Å²) in [5, 5.41) is 11.9. The molecule has 4 rings (SSSR count). The number of alkyl carbamates (subject to hydrolysis) is 1. The third-order valence-corrected chi connectivity index (χ3v) is 6.40. The molecular weight excluding hydrogens is 394 g/mol. The maximum atomic E-state index is 12.5. The number of carbonyl (C=O) groups excluding carboxylic acids is 2. The first-order valence-corrected chi connectivity index (χ1v) is 10.9. The van der Waals surface area contributed by atoms with Gasteiger partial charge in [-0.2, -0.15) is 0 Å². The molecule has 2 N–H and O–H groups in total. The minimum atomic E-state index is -1.27. The Morgan fingerprint density at radius 3 is 2.10 bits per heavy atom. The number of nitrogens with one attached hydrogen (secondary N) is 1. The van der Waals surface area contributed by atoms with Crippen LogP contribution in [0.25, 0.3) is 11.1 Å². The Balaban J connectivity index is 1.38. The smallest absolute Gasteiger partial charge is 0.407 e. The number of carboxylic acid groups (broad SMARTS) is 1. The van der Waals surface area contributed by atoms with Crippen LogP contribution in [-0.2, 0) is 14.3 Å². The molecule has 0 aliphatic heterocycles. The van der Waals surface area contributed by atoms with Crippen LogP contribution in [-0.4, -0.2) is 35.6 Å². The minimum Gasteiger partial charge on any atom is -0.480 e. The van der Waals surface area contributed by atoms with Crippen LogP contribution in [0.1, 0.15) is 55.6 Å². The molecule has 1 fully saturated rings. The maximum absolute atomic E-state index is 12.5. The van der Waals surface area contributed by atoms with E-state index >= 15 is 0 Å². The number of hydrogen-bond donors (Lipinski definition) is 2. The average molecular weight is 421 g/mol. The zero-order chi connectivity index (χ0) is 21.8.